The number of anilines is 1. The Morgan fingerprint density at radius 2 is 1.83 bits per heavy atom. The van der Waals surface area contributed by atoms with E-state index >= 15 is 0 Å². The molecule has 2 aromatic carbocycles. The maximum Gasteiger partial charge on any atom is 0.288 e. The number of hydrogen-bond donors (Lipinski definition) is 2. The van der Waals surface area contributed by atoms with Gasteiger partial charge in [0.2, 0.25) is 5.91 Å². The van der Waals surface area contributed by atoms with Crippen LogP contribution in [0.25, 0.3) is 0 Å². The van der Waals surface area contributed by atoms with E-state index in [2.05, 4.69) is 10.6 Å². The number of amides is 1. The molecule has 0 aliphatic heterocycles. The first kappa shape index (κ1) is 18.7. The third-order valence-corrected chi connectivity index (χ3v) is 4.36. The van der Waals surface area contributed by atoms with Crippen molar-refractivity contribution < 1.29 is 13.6 Å². The molecule has 0 saturated heterocycles. The summed E-state index contributed by atoms with van der Waals surface area (Å²) >= 11 is 6.25. The number of thioether (sulfide) groups is 1. The number of rotatable bonds is 7. The summed E-state index contributed by atoms with van der Waals surface area (Å²) in [5, 5.41) is 6.39. The van der Waals surface area contributed by atoms with Gasteiger partial charge in [-0.1, -0.05) is 47.6 Å². The number of carbonyl (C=O) groups is 1. The maximum atomic E-state index is 12.5. The van der Waals surface area contributed by atoms with Crippen LogP contribution < -0.4 is 10.6 Å². The van der Waals surface area contributed by atoms with E-state index in [4.69, 9.17) is 11.6 Å². The van der Waals surface area contributed by atoms with E-state index in [1.165, 1.54) is 0 Å². The minimum absolute atomic E-state index is 0.0429. The summed E-state index contributed by atoms with van der Waals surface area (Å²) in [5.41, 5.74) is 1.38. The molecule has 0 aliphatic carbocycles. The number of carbonyl (C=O) groups excluding carboxylic acids is 1. The standard InChI is InChI=1S/C17H17ClF2N2OS/c1-11(12-6-8-13(18)9-7-12)21-10-16(23)22-14-4-2-3-5-15(14)24-17(19)20/h2-9,11,17,21H,10H2,1H3,(H,22,23)/t11-/m0/s1. The Morgan fingerprint density at radius 1 is 1.17 bits per heavy atom. The normalized spacial score (nSPS) is 12.2. The van der Waals surface area contributed by atoms with E-state index < -0.39 is 5.76 Å². The van der Waals surface area contributed by atoms with E-state index in [1.807, 2.05) is 19.1 Å². The number of alkyl halides is 2. The van der Waals surface area contributed by atoms with Gasteiger partial charge in [-0.2, -0.15) is 8.78 Å². The van der Waals surface area contributed by atoms with E-state index in [0.717, 1.165) is 5.56 Å². The van der Waals surface area contributed by atoms with Crippen LogP contribution in [0.1, 0.15) is 18.5 Å². The highest BCUT2D eigenvalue weighted by atomic mass is 35.5. The van der Waals surface area contributed by atoms with Crippen LogP contribution >= 0.6 is 23.4 Å². The highest BCUT2D eigenvalue weighted by Crippen LogP contribution is 2.31. The molecule has 0 bridgehead atoms. The second-order valence-corrected chi connectivity index (χ2v) is 6.55. The van der Waals surface area contributed by atoms with E-state index in [-0.39, 0.29) is 18.5 Å². The Bertz CT molecular complexity index is 683. The molecule has 2 rings (SSSR count). The molecule has 0 aromatic heterocycles. The van der Waals surface area contributed by atoms with Gasteiger partial charge in [0, 0.05) is 16.0 Å². The molecule has 1 amide bonds. The van der Waals surface area contributed by atoms with Crippen LogP contribution in [0.3, 0.4) is 0 Å². The van der Waals surface area contributed by atoms with Crippen LogP contribution in [-0.2, 0) is 4.79 Å². The molecule has 0 saturated carbocycles. The Balaban J connectivity index is 1.90. The molecule has 0 spiro atoms. The predicted molar refractivity (Wildman–Crippen MR) is 94.8 cm³/mol. The molecule has 2 N–H and O–H groups in total. The van der Waals surface area contributed by atoms with E-state index in [9.17, 15) is 13.6 Å². The van der Waals surface area contributed by atoms with Crippen LogP contribution in [0.5, 0.6) is 0 Å². The Kier molecular flexibility index (Phi) is 7.02. The third-order valence-electron chi connectivity index (χ3n) is 3.32. The predicted octanol–water partition coefficient (Wildman–Crippen LogP) is 4.94. The zero-order chi connectivity index (χ0) is 17.5. The smallest absolute Gasteiger partial charge is 0.288 e. The van der Waals surface area contributed by atoms with Crippen LogP contribution in [0, 0.1) is 0 Å². The zero-order valence-electron chi connectivity index (χ0n) is 12.9. The number of nitrogens with one attached hydrogen (secondary N) is 2. The van der Waals surface area contributed by atoms with Crippen molar-refractivity contribution >= 4 is 35.0 Å². The molecule has 2 aromatic rings. The molecule has 0 heterocycles. The lowest BCUT2D eigenvalue weighted by Crippen LogP contribution is -2.30. The highest BCUT2D eigenvalue weighted by Gasteiger charge is 2.12. The first-order valence-electron chi connectivity index (χ1n) is 7.28. The highest BCUT2D eigenvalue weighted by molar-refractivity contribution is 7.99. The number of para-hydroxylation sites is 1. The van der Waals surface area contributed by atoms with Gasteiger partial charge in [0.1, 0.15) is 0 Å². The van der Waals surface area contributed by atoms with Crippen molar-refractivity contribution in [1.82, 2.24) is 5.32 Å². The average molecular weight is 371 g/mol. The summed E-state index contributed by atoms with van der Waals surface area (Å²) in [4.78, 5) is 12.4. The van der Waals surface area contributed by atoms with Crippen LogP contribution in [0.15, 0.2) is 53.4 Å². The topological polar surface area (TPSA) is 41.1 Å². The summed E-state index contributed by atoms with van der Waals surface area (Å²) in [6.45, 7) is 1.99. The van der Waals surface area contributed by atoms with Crippen molar-refractivity contribution in [3.8, 4) is 0 Å². The van der Waals surface area contributed by atoms with Gasteiger partial charge in [-0.05, 0) is 36.8 Å². The van der Waals surface area contributed by atoms with Crippen molar-refractivity contribution in [3.05, 3.63) is 59.1 Å². The summed E-state index contributed by atoms with van der Waals surface area (Å²) in [7, 11) is 0. The van der Waals surface area contributed by atoms with Gasteiger partial charge in [-0.25, -0.2) is 0 Å². The van der Waals surface area contributed by atoms with E-state index in [0.29, 0.717) is 27.4 Å². The summed E-state index contributed by atoms with van der Waals surface area (Å²) in [5.74, 6) is -2.83. The van der Waals surface area contributed by atoms with Gasteiger partial charge < -0.3 is 10.6 Å². The molecule has 0 unspecified atom stereocenters. The minimum Gasteiger partial charge on any atom is -0.324 e. The summed E-state index contributed by atoms with van der Waals surface area (Å²) in [6.07, 6.45) is 0. The van der Waals surface area contributed by atoms with Crippen molar-refractivity contribution in [2.24, 2.45) is 0 Å². The fourth-order valence-electron chi connectivity index (χ4n) is 2.08. The molecule has 7 heteroatoms. The van der Waals surface area contributed by atoms with Crippen molar-refractivity contribution in [2.45, 2.75) is 23.6 Å². The Labute approximate surface area is 148 Å². The molecule has 24 heavy (non-hydrogen) atoms. The van der Waals surface area contributed by atoms with Crippen molar-refractivity contribution in [3.63, 3.8) is 0 Å². The van der Waals surface area contributed by atoms with Gasteiger partial charge in [-0.15, -0.1) is 0 Å². The first-order chi connectivity index (χ1) is 11.5. The molecule has 1 atom stereocenters. The fourth-order valence-corrected chi connectivity index (χ4v) is 2.80. The average Bonchev–Trinajstić information content (AvgIpc) is 2.54. The molecular formula is C17H17ClF2N2OS. The SMILES string of the molecule is C[C@H](NCC(=O)Nc1ccccc1SC(F)F)c1ccc(Cl)cc1. The van der Waals surface area contributed by atoms with Crippen LogP contribution in [0.4, 0.5) is 14.5 Å². The van der Waals surface area contributed by atoms with Crippen molar-refractivity contribution in [1.29, 1.82) is 0 Å². The molecule has 0 radical (unpaired) electrons. The van der Waals surface area contributed by atoms with Gasteiger partial charge in [0.05, 0.1) is 12.2 Å². The quantitative estimate of drug-likeness (QED) is 0.678. The Hall–Kier alpha value is -1.63. The monoisotopic (exact) mass is 370 g/mol. The largest absolute Gasteiger partial charge is 0.324 e. The van der Waals surface area contributed by atoms with Gasteiger partial charge >= 0.3 is 0 Å². The lowest BCUT2D eigenvalue weighted by molar-refractivity contribution is -0.115. The third kappa shape index (κ3) is 5.78. The van der Waals surface area contributed by atoms with Crippen LogP contribution in [-0.4, -0.2) is 18.2 Å². The van der Waals surface area contributed by atoms with E-state index in [1.54, 1.807) is 36.4 Å². The molecular weight excluding hydrogens is 354 g/mol. The first-order valence-corrected chi connectivity index (χ1v) is 8.54. The fraction of sp³-hybridized carbons (Fsp3) is 0.235. The molecule has 0 fully saturated rings. The van der Waals surface area contributed by atoms with Gasteiger partial charge in [0.15, 0.2) is 0 Å². The zero-order valence-corrected chi connectivity index (χ0v) is 14.5. The summed E-state index contributed by atoms with van der Waals surface area (Å²) in [6, 6.07) is 13.8. The number of hydrogen-bond acceptors (Lipinski definition) is 3. The minimum atomic E-state index is -2.54. The molecule has 3 nitrogen and oxygen atoms in total. The number of benzene rings is 2. The second-order valence-electron chi connectivity index (χ2n) is 5.08. The lowest BCUT2D eigenvalue weighted by atomic mass is 10.1. The Morgan fingerprint density at radius 3 is 2.50 bits per heavy atom. The summed E-state index contributed by atoms with van der Waals surface area (Å²) < 4.78 is 25.1. The van der Waals surface area contributed by atoms with Gasteiger partial charge in [-0.3, -0.25) is 4.79 Å². The lowest BCUT2D eigenvalue weighted by Gasteiger charge is -2.15. The van der Waals surface area contributed by atoms with Crippen molar-refractivity contribution in [2.75, 3.05) is 11.9 Å². The number of halogens is 3. The molecule has 128 valence electrons. The second kappa shape index (κ2) is 9.01. The molecule has 0 aliphatic rings. The van der Waals surface area contributed by atoms with Crippen LogP contribution in [0.2, 0.25) is 5.02 Å². The van der Waals surface area contributed by atoms with Gasteiger partial charge in [0.25, 0.3) is 5.76 Å². The maximum absolute atomic E-state index is 12.5.